The summed E-state index contributed by atoms with van der Waals surface area (Å²) in [6.07, 6.45) is -2.35. The molecule has 0 aromatic carbocycles. The van der Waals surface area contributed by atoms with Gasteiger partial charge in [0.1, 0.15) is 5.76 Å². The molecule has 4 heterocycles. The molecule has 8 nitrogen and oxygen atoms in total. The summed E-state index contributed by atoms with van der Waals surface area (Å²) in [5, 5.41) is 3.55. The van der Waals surface area contributed by atoms with Crippen molar-refractivity contribution in [3.63, 3.8) is 0 Å². The van der Waals surface area contributed by atoms with Gasteiger partial charge < -0.3 is 9.32 Å². The van der Waals surface area contributed by atoms with Gasteiger partial charge in [-0.3, -0.25) is 9.69 Å². The molecule has 0 unspecified atom stereocenters. The zero-order valence-electron chi connectivity index (χ0n) is 17.3. The van der Waals surface area contributed by atoms with Crippen LogP contribution in [-0.4, -0.2) is 61.5 Å². The number of hydrogen-bond acceptors (Lipinski definition) is 6. The molecule has 3 aromatic rings. The van der Waals surface area contributed by atoms with Gasteiger partial charge in [0.05, 0.1) is 12.8 Å². The summed E-state index contributed by atoms with van der Waals surface area (Å²) < 4.78 is 45.2. The average Bonchev–Trinajstić information content (AvgIpc) is 3.38. The molecule has 0 bridgehead atoms. The first-order valence-electron chi connectivity index (χ1n) is 10.0. The summed E-state index contributed by atoms with van der Waals surface area (Å²) >= 11 is 0. The van der Waals surface area contributed by atoms with Gasteiger partial charge in [0.25, 0.3) is 11.6 Å². The third-order valence-electron chi connectivity index (χ3n) is 5.58. The molecule has 0 spiro atoms. The zero-order valence-corrected chi connectivity index (χ0v) is 17.3. The predicted octanol–water partition coefficient (Wildman–Crippen LogP) is 2.63. The number of fused-ring (bicyclic) bond motifs is 1. The van der Waals surface area contributed by atoms with Crippen LogP contribution in [0.3, 0.4) is 0 Å². The van der Waals surface area contributed by atoms with Gasteiger partial charge in [0.2, 0.25) is 5.91 Å². The maximum absolute atomic E-state index is 12.9. The van der Waals surface area contributed by atoms with Crippen molar-refractivity contribution in [2.24, 2.45) is 0 Å². The van der Waals surface area contributed by atoms with Crippen molar-refractivity contribution < 1.29 is 22.4 Å². The van der Waals surface area contributed by atoms with E-state index in [9.17, 15) is 18.0 Å². The summed E-state index contributed by atoms with van der Waals surface area (Å²) in [7, 11) is 0. The Morgan fingerprint density at radius 1 is 1.16 bits per heavy atom. The minimum atomic E-state index is -4.64. The number of nitrogens with zero attached hydrogens (tertiary/aromatic N) is 6. The molecule has 0 radical (unpaired) electrons. The van der Waals surface area contributed by atoms with Gasteiger partial charge in [0.15, 0.2) is 0 Å². The van der Waals surface area contributed by atoms with Crippen LogP contribution < -0.4 is 0 Å². The molecular formula is C20H23F3N6O2. The average molecular weight is 436 g/mol. The van der Waals surface area contributed by atoms with E-state index < -0.39 is 12.0 Å². The number of amides is 1. The Bertz CT molecular complexity index is 1070. The van der Waals surface area contributed by atoms with E-state index in [1.165, 1.54) is 0 Å². The summed E-state index contributed by atoms with van der Waals surface area (Å²) in [5.41, 5.74) is 1.79. The molecule has 11 heteroatoms. The third kappa shape index (κ3) is 4.55. The second kappa shape index (κ2) is 8.29. The minimum absolute atomic E-state index is 0.0196. The van der Waals surface area contributed by atoms with E-state index in [0.29, 0.717) is 30.9 Å². The number of furan rings is 1. The van der Waals surface area contributed by atoms with Crippen LogP contribution in [0.25, 0.3) is 5.78 Å². The Hall–Kier alpha value is -2.95. The van der Waals surface area contributed by atoms with Crippen molar-refractivity contribution in [1.29, 1.82) is 0 Å². The molecule has 0 saturated carbocycles. The number of carbonyl (C=O) groups is 1. The molecule has 1 aliphatic rings. The Balaban J connectivity index is 1.38. The molecule has 31 heavy (non-hydrogen) atoms. The predicted molar refractivity (Wildman–Crippen MR) is 104 cm³/mol. The minimum Gasteiger partial charge on any atom is -0.468 e. The highest BCUT2D eigenvalue weighted by Crippen LogP contribution is 2.27. The molecule has 0 N–H and O–H groups in total. The van der Waals surface area contributed by atoms with Gasteiger partial charge in [-0.2, -0.15) is 18.2 Å². The largest absolute Gasteiger partial charge is 0.468 e. The van der Waals surface area contributed by atoms with Crippen LogP contribution in [0, 0.1) is 13.8 Å². The van der Waals surface area contributed by atoms with Crippen LogP contribution in [0.5, 0.6) is 0 Å². The SMILES string of the molecule is Cc1nc2nc(C(F)(F)F)nn2c(C)c1CCC(=O)N1CCN(Cc2ccco2)CC1. The highest BCUT2D eigenvalue weighted by molar-refractivity contribution is 5.76. The lowest BCUT2D eigenvalue weighted by atomic mass is 10.1. The van der Waals surface area contributed by atoms with E-state index in [4.69, 9.17) is 4.42 Å². The van der Waals surface area contributed by atoms with E-state index in [1.807, 2.05) is 17.0 Å². The maximum Gasteiger partial charge on any atom is 0.453 e. The van der Waals surface area contributed by atoms with Crippen molar-refractivity contribution in [3.05, 3.63) is 46.9 Å². The second-order valence-electron chi connectivity index (χ2n) is 7.64. The van der Waals surface area contributed by atoms with Crippen LogP contribution in [-0.2, 0) is 23.9 Å². The molecule has 3 aromatic heterocycles. The first-order chi connectivity index (χ1) is 14.7. The molecule has 0 aliphatic carbocycles. The van der Waals surface area contributed by atoms with Gasteiger partial charge in [-0.15, -0.1) is 5.10 Å². The Labute approximate surface area is 176 Å². The quantitative estimate of drug-likeness (QED) is 0.612. The second-order valence-corrected chi connectivity index (χ2v) is 7.64. The standard InChI is InChI=1S/C20H23F3N6O2/c1-13-16(14(2)29-19(24-13)25-18(26-29)20(21,22)23)5-6-17(30)28-9-7-27(8-10-28)12-15-4-3-11-31-15/h3-4,11H,5-10,12H2,1-2H3. The first-order valence-corrected chi connectivity index (χ1v) is 10.0. The number of alkyl halides is 3. The molecule has 4 rings (SSSR count). The smallest absolute Gasteiger partial charge is 0.453 e. The molecule has 1 fully saturated rings. The number of carbonyl (C=O) groups excluding carboxylic acids is 1. The fourth-order valence-corrected chi connectivity index (χ4v) is 3.86. The lowest BCUT2D eigenvalue weighted by Crippen LogP contribution is -2.48. The molecule has 1 amide bonds. The topological polar surface area (TPSA) is 79.8 Å². The zero-order chi connectivity index (χ0) is 22.2. The van der Waals surface area contributed by atoms with E-state index in [0.717, 1.165) is 35.5 Å². The van der Waals surface area contributed by atoms with Crippen LogP contribution >= 0.6 is 0 Å². The number of rotatable bonds is 5. The number of aromatic nitrogens is 4. The van der Waals surface area contributed by atoms with Gasteiger partial charge in [-0.25, -0.2) is 9.50 Å². The highest BCUT2D eigenvalue weighted by Gasteiger charge is 2.37. The van der Waals surface area contributed by atoms with Crippen LogP contribution in [0.4, 0.5) is 13.2 Å². The molecule has 1 saturated heterocycles. The van der Waals surface area contributed by atoms with Gasteiger partial charge >= 0.3 is 6.18 Å². The Morgan fingerprint density at radius 3 is 2.55 bits per heavy atom. The number of aryl methyl sites for hydroxylation is 2. The monoisotopic (exact) mass is 436 g/mol. The van der Waals surface area contributed by atoms with Crippen molar-refractivity contribution in [1.82, 2.24) is 29.4 Å². The lowest BCUT2D eigenvalue weighted by Gasteiger charge is -2.34. The third-order valence-corrected chi connectivity index (χ3v) is 5.58. The number of halogens is 3. The highest BCUT2D eigenvalue weighted by atomic mass is 19.4. The van der Waals surface area contributed by atoms with Gasteiger partial charge in [-0.1, -0.05) is 0 Å². The van der Waals surface area contributed by atoms with Crippen molar-refractivity contribution in [2.75, 3.05) is 26.2 Å². The van der Waals surface area contributed by atoms with Gasteiger partial charge in [0, 0.05) is 44.0 Å². The van der Waals surface area contributed by atoms with E-state index >= 15 is 0 Å². The van der Waals surface area contributed by atoms with Crippen LogP contribution in [0.15, 0.2) is 22.8 Å². The normalized spacial score (nSPS) is 15.7. The molecule has 1 aliphatic heterocycles. The molecular weight excluding hydrogens is 413 g/mol. The molecule has 166 valence electrons. The number of hydrogen-bond donors (Lipinski definition) is 0. The summed E-state index contributed by atoms with van der Waals surface area (Å²) in [6, 6.07) is 3.79. The van der Waals surface area contributed by atoms with Crippen LogP contribution in [0.1, 0.15) is 35.0 Å². The van der Waals surface area contributed by atoms with Crippen molar-refractivity contribution >= 4 is 11.7 Å². The fourth-order valence-electron chi connectivity index (χ4n) is 3.86. The Kier molecular flexibility index (Phi) is 5.69. The Morgan fingerprint density at radius 2 is 1.90 bits per heavy atom. The van der Waals surface area contributed by atoms with Crippen LogP contribution in [0.2, 0.25) is 0 Å². The fraction of sp³-hybridized carbons (Fsp3) is 0.500. The van der Waals surface area contributed by atoms with Crippen molar-refractivity contribution in [2.45, 2.75) is 39.4 Å². The lowest BCUT2D eigenvalue weighted by molar-refractivity contribution is -0.144. The van der Waals surface area contributed by atoms with E-state index in [2.05, 4.69) is 20.0 Å². The van der Waals surface area contributed by atoms with E-state index in [-0.39, 0.29) is 18.1 Å². The first kappa shape index (κ1) is 21.3. The van der Waals surface area contributed by atoms with Gasteiger partial charge in [-0.05, 0) is 38.0 Å². The van der Waals surface area contributed by atoms with Crippen molar-refractivity contribution in [3.8, 4) is 0 Å². The number of piperazine rings is 1. The summed E-state index contributed by atoms with van der Waals surface area (Å²) in [5.74, 6) is -0.394. The maximum atomic E-state index is 12.9. The van der Waals surface area contributed by atoms with E-state index in [1.54, 1.807) is 20.1 Å². The molecule has 0 atom stereocenters. The summed E-state index contributed by atoms with van der Waals surface area (Å²) in [4.78, 5) is 24.4. The summed E-state index contributed by atoms with van der Waals surface area (Å²) in [6.45, 7) is 6.89.